The van der Waals surface area contributed by atoms with Crippen molar-refractivity contribution in [1.29, 1.82) is 0 Å². The van der Waals surface area contributed by atoms with Crippen LogP contribution in [0, 0.1) is 5.82 Å². The van der Waals surface area contributed by atoms with Gasteiger partial charge in [-0.15, -0.1) is 0 Å². The summed E-state index contributed by atoms with van der Waals surface area (Å²) in [6.45, 7) is 0. The van der Waals surface area contributed by atoms with Gasteiger partial charge < -0.3 is 9.64 Å². The molecule has 0 N–H and O–H groups in total. The van der Waals surface area contributed by atoms with E-state index in [0.29, 0.717) is 11.4 Å². The number of anilines is 1. The average molecular weight is 259 g/mol. The fourth-order valence-corrected chi connectivity index (χ4v) is 1.74. The summed E-state index contributed by atoms with van der Waals surface area (Å²) in [7, 11) is 3.18. The lowest BCUT2D eigenvalue weighted by atomic mass is 10.1. The molecule has 2 aromatic carbocycles. The fourth-order valence-electron chi connectivity index (χ4n) is 1.74. The molecule has 0 atom stereocenters. The van der Waals surface area contributed by atoms with Gasteiger partial charge in [-0.1, -0.05) is 12.1 Å². The molecule has 98 valence electrons. The number of ether oxygens (including phenoxy) is 1. The Labute approximate surface area is 111 Å². The van der Waals surface area contributed by atoms with Crippen molar-refractivity contribution in [2.24, 2.45) is 0 Å². The molecular weight excluding hydrogens is 245 g/mol. The van der Waals surface area contributed by atoms with Gasteiger partial charge in [0.15, 0.2) is 0 Å². The first-order valence-electron chi connectivity index (χ1n) is 5.80. The highest BCUT2D eigenvalue weighted by Gasteiger charge is 2.16. The van der Waals surface area contributed by atoms with E-state index in [1.807, 2.05) is 0 Å². The van der Waals surface area contributed by atoms with E-state index in [2.05, 4.69) is 0 Å². The summed E-state index contributed by atoms with van der Waals surface area (Å²) in [5.74, 6) is -0.202. The Morgan fingerprint density at radius 3 is 2.32 bits per heavy atom. The summed E-state index contributed by atoms with van der Waals surface area (Å²) in [5.41, 5.74) is 0.731. The van der Waals surface area contributed by atoms with Crippen LogP contribution in [0.5, 0.6) is 5.75 Å². The Balaban J connectivity index is 2.26. The second-order valence-corrected chi connectivity index (χ2v) is 4.04. The smallest absolute Gasteiger partial charge is 0.260 e. The number of amides is 1. The zero-order chi connectivity index (χ0) is 13.8. The zero-order valence-electron chi connectivity index (χ0n) is 10.8. The number of methoxy groups -OCH3 is 1. The standard InChI is InChI=1S/C15H14FNO2/c1-17(11-7-9-12(19-2)10-8-11)15(18)13-5-3-4-6-14(13)16/h3-10H,1-2H3. The average Bonchev–Trinajstić information content (AvgIpc) is 2.46. The molecule has 0 spiro atoms. The van der Waals surface area contributed by atoms with Crippen molar-refractivity contribution < 1.29 is 13.9 Å². The first-order chi connectivity index (χ1) is 9.13. The quantitative estimate of drug-likeness (QED) is 0.847. The van der Waals surface area contributed by atoms with Gasteiger partial charge >= 0.3 is 0 Å². The van der Waals surface area contributed by atoms with Crippen LogP contribution in [0.25, 0.3) is 0 Å². The first kappa shape index (κ1) is 13.1. The molecule has 19 heavy (non-hydrogen) atoms. The molecule has 0 aliphatic rings. The normalized spacial score (nSPS) is 10.1. The van der Waals surface area contributed by atoms with Crippen LogP contribution in [0.1, 0.15) is 10.4 Å². The molecule has 0 aromatic heterocycles. The highest BCUT2D eigenvalue weighted by atomic mass is 19.1. The van der Waals surface area contributed by atoms with E-state index in [-0.39, 0.29) is 11.5 Å². The van der Waals surface area contributed by atoms with Gasteiger partial charge in [-0.25, -0.2) is 4.39 Å². The molecular formula is C15H14FNO2. The topological polar surface area (TPSA) is 29.5 Å². The monoisotopic (exact) mass is 259 g/mol. The summed E-state index contributed by atoms with van der Waals surface area (Å²) >= 11 is 0. The Morgan fingerprint density at radius 2 is 1.74 bits per heavy atom. The predicted molar refractivity (Wildman–Crippen MR) is 72.1 cm³/mol. The molecule has 0 aliphatic carbocycles. The van der Waals surface area contributed by atoms with Crippen molar-refractivity contribution in [1.82, 2.24) is 0 Å². The molecule has 2 aromatic rings. The molecule has 2 rings (SSSR count). The molecule has 0 unspecified atom stereocenters. The van der Waals surface area contributed by atoms with Gasteiger partial charge in [0.25, 0.3) is 5.91 Å². The van der Waals surface area contributed by atoms with E-state index in [1.165, 1.54) is 17.0 Å². The Kier molecular flexibility index (Phi) is 3.80. The number of benzene rings is 2. The minimum Gasteiger partial charge on any atom is -0.497 e. The lowest BCUT2D eigenvalue weighted by molar-refractivity contribution is 0.0989. The van der Waals surface area contributed by atoms with Crippen molar-refractivity contribution in [2.75, 3.05) is 19.1 Å². The lowest BCUT2D eigenvalue weighted by Crippen LogP contribution is -2.26. The summed E-state index contributed by atoms with van der Waals surface area (Å²) in [4.78, 5) is 13.6. The van der Waals surface area contributed by atoms with E-state index in [1.54, 1.807) is 50.6 Å². The van der Waals surface area contributed by atoms with Crippen molar-refractivity contribution >= 4 is 11.6 Å². The largest absolute Gasteiger partial charge is 0.497 e. The van der Waals surface area contributed by atoms with Crippen LogP contribution in [0.3, 0.4) is 0 Å². The lowest BCUT2D eigenvalue weighted by Gasteiger charge is -2.18. The molecule has 0 bridgehead atoms. The molecule has 3 nitrogen and oxygen atoms in total. The van der Waals surface area contributed by atoms with Crippen LogP contribution in [-0.4, -0.2) is 20.1 Å². The molecule has 1 amide bonds. The van der Waals surface area contributed by atoms with Crippen molar-refractivity contribution in [3.8, 4) is 5.75 Å². The third kappa shape index (κ3) is 2.73. The summed E-state index contributed by atoms with van der Waals surface area (Å²) in [6.07, 6.45) is 0. The van der Waals surface area contributed by atoms with Crippen LogP contribution >= 0.6 is 0 Å². The Bertz CT molecular complexity index is 581. The molecule has 4 heteroatoms. The SMILES string of the molecule is COc1ccc(N(C)C(=O)c2ccccc2F)cc1. The van der Waals surface area contributed by atoms with E-state index in [0.717, 1.165) is 0 Å². The second-order valence-electron chi connectivity index (χ2n) is 4.04. The predicted octanol–water partition coefficient (Wildman–Crippen LogP) is 3.11. The number of carbonyl (C=O) groups excluding carboxylic acids is 1. The number of hydrogen-bond donors (Lipinski definition) is 0. The number of halogens is 1. The third-order valence-corrected chi connectivity index (χ3v) is 2.87. The van der Waals surface area contributed by atoms with Gasteiger partial charge in [-0.05, 0) is 36.4 Å². The van der Waals surface area contributed by atoms with Gasteiger partial charge in [0.05, 0.1) is 12.7 Å². The van der Waals surface area contributed by atoms with Crippen LogP contribution < -0.4 is 9.64 Å². The minimum absolute atomic E-state index is 0.0563. The second kappa shape index (κ2) is 5.52. The maximum Gasteiger partial charge on any atom is 0.260 e. The van der Waals surface area contributed by atoms with Crippen LogP contribution in [0.4, 0.5) is 10.1 Å². The van der Waals surface area contributed by atoms with Gasteiger partial charge in [0, 0.05) is 12.7 Å². The van der Waals surface area contributed by atoms with Crippen molar-refractivity contribution in [3.63, 3.8) is 0 Å². The summed E-state index contributed by atoms with van der Waals surface area (Å²) in [5, 5.41) is 0. The van der Waals surface area contributed by atoms with Crippen LogP contribution in [0.15, 0.2) is 48.5 Å². The molecule has 0 heterocycles. The maximum absolute atomic E-state index is 13.6. The molecule has 0 fully saturated rings. The van der Waals surface area contributed by atoms with Crippen LogP contribution in [0.2, 0.25) is 0 Å². The molecule has 0 saturated heterocycles. The Morgan fingerprint density at radius 1 is 1.11 bits per heavy atom. The molecule has 0 aliphatic heterocycles. The number of nitrogens with zero attached hydrogens (tertiary/aromatic N) is 1. The zero-order valence-corrected chi connectivity index (χ0v) is 10.8. The third-order valence-electron chi connectivity index (χ3n) is 2.87. The number of carbonyl (C=O) groups is 1. The van der Waals surface area contributed by atoms with Gasteiger partial charge in [-0.2, -0.15) is 0 Å². The first-order valence-corrected chi connectivity index (χ1v) is 5.80. The van der Waals surface area contributed by atoms with Crippen LogP contribution in [-0.2, 0) is 0 Å². The van der Waals surface area contributed by atoms with E-state index in [9.17, 15) is 9.18 Å². The summed E-state index contributed by atoms with van der Waals surface area (Å²) < 4.78 is 18.6. The minimum atomic E-state index is -0.520. The number of hydrogen-bond acceptors (Lipinski definition) is 2. The van der Waals surface area contributed by atoms with Gasteiger partial charge in [0.1, 0.15) is 11.6 Å². The molecule has 0 saturated carbocycles. The highest BCUT2D eigenvalue weighted by molar-refractivity contribution is 6.05. The molecule has 0 radical (unpaired) electrons. The van der Waals surface area contributed by atoms with E-state index < -0.39 is 5.82 Å². The summed E-state index contributed by atoms with van der Waals surface area (Å²) in [6, 6.07) is 12.9. The van der Waals surface area contributed by atoms with E-state index >= 15 is 0 Å². The fraction of sp³-hybridized carbons (Fsp3) is 0.133. The highest BCUT2D eigenvalue weighted by Crippen LogP contribution is 2.20. The Hall–Kier alpha value is -2.36. The van der Waals surface area contributed by atoms with Crippen molar-refractivity contribution in [2.45, 2.75) is 0 Å². The van der Waals surface area contributed by atoms with Gasteiger partial charge in [0.2, 0.25) is 0 Å². The van der Waals surface area contributed by atoms with E-state index in [4.69, 9.17) is 4.74 Å². The maximum atomic E-state index is 13.6. The van der Waals surface area contributed by atoms with Crippen molar-refractivity contribution in [3.05, 3.63) is 59.9 Å². The number of rotatable bonds is 3. The van der Waals surface area contributed by atoms with Gasteiger partial charge in [-0.3, -0.25) is 4.79 Å².